The van der Waals surface area contributed by atoms with Gasteiger partial charge >= 0.3 is 0 Å². The van der Waals surface area contributed by atoms with Gasteiger partial charge < -0.3 is 6.92 Å². The van der Waals surface area contributed by atoms with Crippen LogP contribution < -0.4 is 5.14 Å². The van der Waals surface area contributed by atoms with Crippen molar-refractivity contribution >= 4 is 10.0 Å². The molecule has 0 heterocycles. The van der Waals surface area contributed by atoms with E-state index in [0.717, 1.165) is 5.56 Å². The Labute approximate surface area is 114 Å². The minimum Gasteiger partial charge on any atom is -0.341 e. The average molecular weight is 410 g/mol. The van der Waals surface area contributed by atoms with Gasteiger partial charge in [0, 0.05) is 44.1 Å². The molecule has 0 spiro atoms. The molecule has 0 atom stereocenters. The van der Waals surface area contributed by atoms with E-state index < -0.39 is 10.0 Å². The van der Waals surface area contributed by atoms with E-state index in [-0.39, 0.29) is 49.0 Å². The number of primary sulfonamides is 1. The molecule has 1 aromatic rings. The summed E-state index contributed by atoms with van der Waals surface area (Å²) in [5, 5.41) is 4.88. The van der Waals surface area contributed by atoms with Crippen molar-refractivity contribution in [1.82, 2.24) is 0 Å². The first-order valence-corrected chi connectivity index (χ1v) is 4.91. The second-order valence-corrected chi connectivity index (χ2v) is 3.91. The van der Waals surface area contributed by atoms with Gasteiger partial charge in [-0.1, -0.05) is 0 Å². The molecule has 0 aliphatic rings. The number of nitrogens with two attached hydrogens (primary N) is 1. The molecule has 5 heteroatoms. The summed E-state index contributed by atoms with van der Waals surface area (Å²) in [7, 11) is -3.58. The number of hydrogen-bond acceptors (Lipinski definition) is 2. The first kappa shape index (κ1) is 13.6. The van der Waals surface area contributed by atoms with Crippen molar-refractivity contribution in [3.05, 3.63) is 36.8 Å². The van der Waals surface area contributed by atoms with Crippen LogP contribution in [0.2, 0.25) is 0 Å². The number of hydrogen-bond donors (Lipinski definition) is 1. The molecule has 2 N–H and O–H groups in total. The predicted molar refractivity (Wildman–Crippen MR) is 45.7 cm³/mol. The van der Waals surface area contributed by atoms with Crippen molar-refractivity contribution in [2.24, 2.45) is 5.14 Å². The molecule has 0 aliphatic carbocycles. The molecule has 69 valence electrons. The standard InChI is InChI=1S/C8H9NO2S.Ac/c1-2-7-3-5-8(6-4-7)12(9,10)11;/h3,5-6H,1-2H2,(H2,9,10,11);/q-2;. The molecule has 0 aromatic heterocycles. The van der Waals surface area contributed by atoms with Gasteiger partial charge in [0.05, 0.1) is 0 Å². The quantitative estimate of drug-likeness (QED) is 0.723. The predicted octanol–water partition coefficient (Wildman–Crippen LogP) is 0.511. The van der Waals surface area contributed by atoms with Crippen molar-refractivity contribution in [1.29, 1.82) is 0 Å². The first-order valence-electron chi connectivity index (χ1n) is 3.36. The Morgan fingerprint density at radius 1 is 1.46 bits per heavy atom. The zero-order valence-electron chi connectivity index (χ0n) is 7.03. The van der Waals surface area contributed by atoms with Gasteiger partial charge in [0.25, 0.3) is 0 Å². The summed E-state index contributed by atoms with van der Waals surface area (Å²) in [5.74, 6) is 0. The van der Waals surface area contributed by atoms with Gasteiger partial charge in [0.2, 0.25) is 0 Å². The minimum atomic E-state index is -3.58. The van der Waals surface area contributed by atoms with Gasteiger partial charge in [0.1, 0.15) is 0 Å². The molecule has 0 saturated carbocycles. The van der Waals surface area contributed by atoms with Crippen LogP contribution in [-0.4, -0.2) is 8.42 Å². The Balaban J connectivity index is 0.00000144. The van der Waals surface area contributed by atoms with Crippen LogP contribution >= 0.6 is 0 Å². The smallest absolute Gasteiger partial charge is 0.191 e. The van der Waals surface area contributed by atoms with E-state index in [1.165, 1.54) is 12.1 Å². The second kappa shape index (κ2) is 5.45. The minimum absolute atomic E-state index is 0. The zero-order chi connectivity index (χ0) is 9.19. The Kier molecular flexibility index (Phi) is 5.69. The Morgan fingerprint density at radius 2 is 2.08 bits per heavy atom. The fraction of sp³-hybridized carbons (Fsp3) is 0.125. The van der Waals surface area contributed by atoms with Crippen molar-refractivity contribution in [3.63, 3.8) is 0 Å². The van der Waals surface area contributed by atoms with E-state index in [1.807, 2.05) is 0 Å². The molecular weight excluding hydrogens is 401 g/mol. The molecule has 1 radical (unpaired) electrons. The summed E-state index contributed by atoms with van der Waals surface area (Å²) in [5.41, 5.74) is 0.863. The third kappa shape index (κ3) is 4.07. The molecule has 1 rings (SSSR count). The van der Waals surface area contributed by atoms with Gasteiger partial charge in [-0.2, -0.15) is 36.2 Å². The summed E-state index contributed by atoms with van der Waals surface area (Å²) in [4.78, 5) is 0.0831. The number of rotatable bonds is 2. The molecule has 0 fully saturated rings. The maximum Gasteiger partial charge on any atom is 0.191 e. The van der Waals surface area contributed by atoms with Crippen molar-refractivity contribution in [2.75, 3.05) is 0 Å². The third-order valence-corrected chi connectivity index (χ3v) is 2.36. The van der Waals surface area contributed by atoms with Crippen LogP contribution in [0.4, 0.5) is 0 Å². The van der Waals surface area contributed by atoms with E-state index >= 15 is 0 Å². The molecule has 0 amide bonds. The Hall–Kier alpha value is 0.572. The van der Waals surface area contributed by atoms with Gasteiger partial charge in [-0.05, 0) is 4.90 Å². The molecule has 0 unspecified atom stereocenters. The molecule has 13 heavy (non-hydrogen) atoms. The zero-order valence-corrected chi connectivity index (χ0v) is 12.6. The van der Waals surface area contributed by atoms with Crippen molar-refractivity contribution < 1.29 is 52.5 Å². The van der Waals surface area contributed by atoms with Crippen LogP contribution in [0.5, 0.6) is 0 Å². The summed E-state index contributed by atoms with van der Waals surface area (Å²) < 4.78 is 21.5. The fourth-order valence-corrected chi connectivity index (χ4v) is 1.26. The van der Waals surface area contributed by atoms with Gasteiger partial charge in [-0.3, -0.25) is 0 Å². The summed E-state index contributed by atoms with van der Waals surface area (Å²) in [6.07, 6.45) is 0.588. The van der Waals surface area contributed by atoms with Gasteiger partial charge in [-0.25, -0.2) is 13.6 Å². The monoisotopic (exact) mass is 410 g/mol. The maximum atomic E-state index is 10.8. The van der Waals surface area contributed by atoms with E-state index in [9.17, 15) is 8.42 Å². The van der Waals surface area contributed by atoms with Crippen LogP contribution in [0.25, 0.3) is 0 Å². The fourth-order valence-electron chi connectivity index (χ4n) is 0.775. The molecule has 0 aliphatic heterocycles. The Bertz CT molecular complexity index is 358. The Morgan fingerprint density at radius 3 is 2.38 bits per heavy atom. The molecule has 0 bridgehead atoms. The van der Waals surface area contributed by atoms with E-state index in [4.69, 9.17) is 5.14 Å². The van der Waals surface area contributed by atoms with Crippen LogP contribution in [0, 0.1) is 57.1 Å². The van der Waals surface area contributed by atoms with Crippen molar-refractivity contribution in [2.45, 2.75) is 11.3 Å². The molecular formula is C8H9AcNO2S-2. The van der Waals surface area contributed by atoms with Gasteiger partial charge in [-0.15, -0.1) is 0 Å². The second-order valence-electron chi connectivity index (χ2n) is 2.34. The average Bonchev–Trinajstić information content (AvgIpc) is 2.03. The summed E-state index contributed by atoms with van der Waals surface area (Å²) in [6.45, 7) is 3.64. The topological polar surface area (TPSA) is 60.2 Å². The van der Waals surface area contributed by atoms with Gasteiger partial charge in [0.15, 0.2) is 10.0 Å². The maximum absolute atomic E-state index is 10.8. The first-order chi connectivity index (χ1) is 5.54. The van der Waals surface area contributed by atoms with Crippen LogP contribution in [0.15, 0.2) is 23.1 Å². The van der Waals surface area contributed by atoms with Crippen molar-refractivity contribution in [3.8, 4) is 0 Å². The summed E-state index contributed by atoms with van der Waals surface area (Å²) in [6, 6.07) is 7.22. The molecule has 0 saturated heterocycles. The normalized spacial score (nSPS) is 10.6. The van der Waals surface area contributed by atoms with Crippen LogP contribution in [0.1, 0.15) is 5.56 Å². The molecule has 1 aromatic carbocycles. The van der Waals surface area contributed by atoms with Crippen LogP contribution in [-0.2, 0) is 16.4 Å². The van der Waals surface area contributed by atoms with E-state index in [0.29, 0.717) is 6.42 Å². The van der Waals surface area contributed by atoms with Crippen LogP contribution in [0.3, 0.4) is 0 Å². The largest absolute Gasteiger partial charge is 0.341 e. The molecule has 3 nitrogen and oxygen atoms in total. The third-order valence-electron chi connectivity index (χ3n) is 1.45. The van der Waals surface area contributed by atoms with E-state index in [1.54, 1.807) is 6.07 Å². The number of benzene rings is 1. The number of sulfonamides is 1. The SMILES string of the molecule is [Ac].[CH2-]Cc1[c-]cc(S(N)(=O)=O)cc1. The summed E-state index contributed by atoms with van der Waals surface area (Å²) >= 11 is 0. The van der Waals surface area contributed by atoms with E-state index in [2.05, 4.69) is 13.0 Å².